The van der Waals surface area contributed by atoms with Gasteiger partial charge in [0.25, 0.3) is 0 Å². The molecule has 1 saturated carbocycles. The summed E-state index contributed by atoms with van der Waals surface area (Å²) < 4.78 is 0. The molecule has 0 aromatic carbocycles. The largest absolute Gasteiger partial charge is 0.342 e. The van der Waals surface area contributed by atoms with E-state index in [-0.39, 0.29) is 0 Å². The lowest BCUT2D eigenvalue weighted by Crippen LogP contribution is -2.47. The zero-order chi connectivity index (χ0) is 14.5. The van der Waals surface area contributed by atoms with Gasteiger partial charge in [-0.3, -0.25) is 4.79 Å². The van der Waals surface area contributed by atoms with Crippen LogP contribution in [0.25, 0.3) is 0 Å². The zero-order valence-corrected chi connectivity index (χ0v) is 13.5. The average molecular weight is 292 g/mol. The highest BCUT2D eigenvalue weighted by Crippen LogP contribution is 2.29. The highest BCUT2D eigenvalue weighted by atomic mass is 16.2. The SMILES string of the molecule is O=C(C1CCCCCCC1)N1CCCC(C2CCCN2)C1. The lowest BCUT2D eigenvalue weighted by molar-refractivity contribution is -0.138. The molecule has 1 N–H and O–H groups in total. The van der Waals surface area contributed by atoms with E-state index in [0.29, 0.717) is 23.8 Å². The summed E-state index contributed by atoms with van der Waals surface area (Å²) in [5, 5.41) is 3.65. The minimum absolute atomic E-state index is 0.334. The number of hydrogen-bond donors (Lipinski definition) is 1. The molecule has 2 heterocycles. The molecule has 120 valence electrons. The molecule has 3 fully saturated rings. The van der Waals surface area contributed by atoms with Crippen molar-refractivity contribution in [3.05, 3.63) is 0 Å². The van der Waals surface area contributed by atoms with E-state index < -0.39 is 0 Å². The Hall–Kier alpha value is -0.570. The van der Waals surface area contributed by atoms with Gasteiger partial charge in [0, 0.05) is 25.0 Å². The molecular formula is C18H32N2O. The van der Waals surface area contributed by atoms with Crippen molar-refractivity contribution in [3.8, 4) is 0 Å². The molecule has 21 heavy (non-hydrogen) atoms. The number of carbonyl (C=O) groups excluding carboxylic acids is 1. The molecule has 1 aliphatic carbocycles. The van der Waals surface area contributed by atoms with Crippen LogP contribution in [0, 0.1) is 11.8 Å². The fourth-order valence-corrected chi connectivity index (χ4v) is 4.61. The van der Waals surface area contributed by atoms with Gasteiger partial charge >= 0.3 is 0 Å². The smallest absolute Gasteiger partial charge is 0.225 e. The Morgan fingerprint density at radius 1 is 0.857 bits per heavy atom. The molecule has 3 rings (SSSR count). The van der Waals surface area contributed by atoms with E-state index in [9.17, 15) is 4.79 Å². The summed E-state index contributed by atoms with van der Waals surface area (Å²) in [6.07, 6.45) is 14.0. The van der Waals surface area contributed by atoms with E-state index in [1.165, 1.54) is 64.3 Å². The van der Waals surface area contributed by atoms with Crippen molar-refractivity contribution < 1.29 is 4.79 Å². The molecule has 3 aliphatic rings. The Balaban J connectivity index is 1.55. The minimum atomic E-state index is 0.334. The lowest BCUT2D eigenvalue weighted by Gasteiger charge is -2.37. The van der Waals surface area contributed by atoms with Gasteiger partial charge in [0.05, 0.1) is 0 Å². The highest BCUT2D eigenvalue weighted by molar-refractivity contribution is 5.79. The van der Waals surface area contributed by atoms with Crippen molar-refractivity contribution in [1.82, 2.24) is 10.2 Å². The maximum atomic E-state index is 12.9. The molecule has 1 amide bonds. The maximum Gasteiger partial charge on any atom is 0.225 e. The van der Waals surface area contributed by atoms with E-state index in [0.717, 1.165) is 25.9 Å². The number of likely N-dealkylation sites (tertiary alicyclic amines) is 1. The van der Waals surface area contributed by atoms with Crippen molar-refractivity contribution in [2.75, 3.05) is 19.6 Å². The summed E-state index contributed by atoms with van der Waals surface area (Å²) >= 11 is 0. The van der Waals surface area contributed by atoms with Gasteiger partial charge in [-0.05, 0) is 51.0 Å². The van der Waals surface area contributed by atoms with Crippen LogP contribution in [0.5, 0.6) is 0 Å². The molecular weight excluding hydrogens is 260 g/mol. The van der Waals surface area contributed by atoms with E-state index in [4.69, 9.17) is 0 Å². The maximum absolute atomic E-state index is 12.9. The third-order valence-corrected chi connectivity index (χ3v) is 5.89. The number of nitrogens with one attached hydrogen (secondary N) is 1. The number of piperidine rings is 1. The number of amides is 1. The lowest BCUT2D eigenvalue weighted by atomic mass is 9.87. The van der Waals surface area contributed by atoms with Crippen molar-refractivity contribution in [2.24, 2.45) is 11.8 Å². The Morgan fingerprint density at radius 2 is 1.62 bits per heavy atom. The number of carbonyl (C=O) groups is 1. The summed E-state index contributed by atoms with van der Waals surface area (Å²) in [4.78, 5) is 15.1. The van der Waals surface area contributed by atoms with Gasteiger partial charge < -0.3 is 10.2 Å². The van der Waals surface area contributed by atoms with Gasteiger partial charge in [-0.2, -0.15) is 0 Å². The molecule has 0 spiro atoms. The first-order valence-electron chi connectivity index (χ1n) is 9.37. The number of rotatable bonds is 2. The highest BCUT2D eigenvalue weighted by Gasteiger charge is 2.33. The topological polar surface area (TPSA) is 32.3 Å². The number of hydrogen-bond acceptors (Lipinski definition) is 2. The second-order valence-electron chi connectivity index (χ2n) is 7.43. The van der Waals surface area contributed by atoms with Gasteiger partial charge in [-0.15, -0.1) is 0 Å². The second-order valence-corrected chi connectivity index (χ2v) is 7.43. The van der Waals surface area contributed by atoms with E-state index in [1.54, 1.807) is 0 Å². The molecule has 3 nitrogen and oxygen atoms in total. The molecule has 2 aliphatic heterocycles. The molecule has 0 radical (unpaired) electrons. The first-order valence-corrected chi connectivity index (χ1v) is 9.37. The molecule has 2 atom stereocenters. The van der Waals surface area contributed by atoms with Crippen LogP contribution in [0.1, 0.15) is 70.6 Å². The molecule has 0 aromatic rings. The Kier molecular flexibility index (Phi) is 5.56. The van der Waals surface area contributed by atoms with Gasteiger partial charge in [-0.1, -0.05) is 32.1 Å². The van der Waals surface area contributed by atoms with Gasteiger partial charge in [-0.25, -0.2) is 0 Å². The van der Waals surface area contributed by atoms with Crippen LogP contribution in [0.15, 0.2) is 0 Å². The molecule has 2 saturated heterocycles. The Bertz CT molecular complexity index is 330. The van der Waals surface area contributed by atoms with Crippen LogP contribution in [-0.4, -0.2) is 36.5 Å². The van der Waals surface area contributed by atoms with E-state index in [1.807, 2.05) is 0 Å². The van der Waals surface area contributed by atoms with Crippen molar-refractivity contribution in [2.45, 2.75) is 76.7 Å². The second kappa shape index (κ2) is 7.62. The molecule has 2 unspecified atom stereocenters. The first-order chi connectivity index (χ1) is 10.3. The van der Waals surface area contributed by atoms with Crippen LogP contribution in [0.2, 0.25) is 0 Å². The molecule has 0 bridgehead atoms. The monoisotopic (exact) mass is 292 g/mol. The third kappa shape index (κ3) is 4.00. The third-order valence-electron chi connectivity index (χ3n) is 5.89. The van der Waals surface area contributed by atoms with Crippen molar-refractivity contribution in [1.29, 1.82) is 0 Å². The normalized spacial score (nSPS) is 32.7. The average Bonchev–Trinajstić information content (AvgIpc) is 3.01. The summed E-state index contributed by atoms with van der Waals surface area (Å²) in [5.74, 6) is 1.53. The summed E-state index contributed by atoms with van der Waals surface area (Å²) in [5.41, 5.74) is 0. The van der Waals surface area contributed by atoms with Crippen LogP contribution in [-0.2, 0) is 4.79 Å². The summed E-state index contributed by atoms with van der Waals surface area (Å²) in [7, 11) is 0. The Morgan fingerprint density at radius 3 is 2.33 bits per heavy atom. The van der Waals surface area contributed by atoms with E-state index in [2.05, 4.69) is 10.2 Å². The predicted octanol–water partition coefficient (Wildman–Crippen LogP) is 3.34. The van der Waals surface area contributed by atoms with Crippen molar-refractivity contribution >= 4 is 5.91 Å². The van der Waals surface area contributed by atoms with Crippen LogP contribution >= 0.6 is 0 Å². The fourth-order valence-electron chi connectivity index (χ4n) is 4.61. The van der Waals surface area contributed by atoms with Crippen LogP contribution in [0.4, 0.5) is 0 Å². The minimum Gasteiger partial charge on any atom is -0.342 e. The van der Waals surface area contributed by atoms with E-state index >= 15 is 0 Å². The number of nitrogens with zero attached hydrogens (tertiary/aromatic N) is 1. The Labute approximate surface area is 129 Å². The molecule has 3 heteroatoms. The molecule has 0 aromatic heterocycles. The van der Waals surface area contributed by atoms with Gasteiger partial charge in [0.1, 0.15) is 0 Å². The fraction of sp³-hybridized carbons (Fsp3) is 0.944. The summed E-state index contributed by atoms with van der Waals surface area (Å²) in [6, 6.07) is 0.679. The van der Waals surface area contributed by atoms with Crippen molar-refractivity contribution in [3.63, 3.8) is 0 Å². The summed E-state index contributed by atoms with van der Waals surface area (Å²) in [6.45, 7) is 3.21. The first kappa shape index (κ1) is 15.3. The standard InChI is InChI=1S/C18H32N2O/c21-18(15-8-4-2-1-3-5-9-15)20-13-7-10-16(14-20)17-11-6-12-19-17/h15-17,19H,1-14H2. The van der Waals surface area contributed by atoms with Crippen LogP contribution in [0.3, 0.4) is 0 Å². The van der Waals surface area contributed by atoms with Gasteiger partial charge in [0.15, 0.2) is 0 Å². The quantitative estimate of drug-likeness (QED) is 0.846. The van der Waals surface area contributed by atoms with Crippen LogP contribution < -0.4 is 5.32 Å². The predicted molar refractivity (Wildman–Crippen MR) is 86.1 cm³/mol. The zero-order valence-electron chi connectivity index (χ0n) is 13.5. The van der Waals surface area contributed by atoms with Gasteiger partial charge in [0.2, 0.25) is 5.91 Å².